The van der Waals surface area contributed by atoms with Gasteiger partial charge in [0.15, 0.2) is 9.53 Å². The van der Waals surface area contributed by atoms with Crippen molar-refractivity contribution in [3.8, 4) is 0 Å². The van der Waals surface area contributed by atoms with Crippen LogP contribution in [0.15, 0.2) is 12.3 Å². The molecular weight excluding hydrogens is 247 g/mol. The first kappa shape index (κ1) is 7.39. The molecule has 1 rings (SSSR count). The summed E-state index contributed by atoms with van der Waals surface area (Å²) in [7, 11) is 0. The third-order valence-electron chi connectivity index (χ3n) is 0.845. The Morgan fingerprint density at radius 2 is 2.40 bits per heavy atom. The summed E-state index contributed by atoms with van der Waals surface area (Å²) in [5, 5.41) is 8.42. The van der Waals surface area contributed by atoms with Crippen molar-refractivity contribution in [2.75, 3.05) is 0 Å². The van der Waals surface area contributed by atoms with E-state index in [-0.39, 0.29) is 5.69 Å². The van der Waals surface area contributed by atoms with Crippen LogP contribution in [0.3, 0.4) is 0 Å². The smallest absolute Gasteiger partial charge is 0.354 e. The number of rotatable bonds is 1. The number of hydrogen-bond donors (Lipinski definition) is 1. The van der Waals surface area contributed by atoms with Crippen LogP contribution in [-0.2, 0) is 0 Å². The molecule has 5 heteroatoms. The standard InChI is InChI=1S/C5H3IN2O2/c6-5-7-2-1-3(8-5)4(9)10/h1-2H,(H,9,10). The zero-order chi connectivity index (χ0) is 7.56. The molecule has 0 atom stereocenters. The molecule has 0 unspecified atom stereocenters. The topological polar surface area (TPSA) is 63.1 Å². The highest BCUT2D eigenvalue weighted by atomic mass is 127. The summed E-state index contributed by atoms with van der Waals surface area (Å²) in [6, 6.07) is 1.35. The average Bonchev–Trinajstić information content (AvgIpc) is 1.88. The quantitative estimate of drug-likeness (QED) is 0.590. The predicted molar refractivity (Wildman–Crippen MR) is 41.7 cm³/mol. The lowest BCUT2D eigenvalue weighted by Gasteiger charge is -1.90. The van der Waals surface area contributed by atoms with Crippen LogP contribution in [0.25, 0.3) is 0 Å². The van der Waals surface area contributed by atoms with E-state index in [1.807, 2.05) is 22.6 Å². The van der Waals surface area contributed by atoms with E-state index < -0.39 is 5.97 Å². The van der Waals surface area contributed by atoms with Crippen LogP contribution in [0, 0.1) is 3.83 Å². The van der Waals surface area contributed by atoms with Crippen molar-refractivity contribution in [3.63, 3.8) is 0 Å². The fourth-order valence-corrected chi connectivity index (χ4v) is 0.875. The molecule has 0 radical (unpaired) electrons. The average molecular weight is 250 g/mol. The van der Waals surface area contributed by atoms with Gasteiger partial charge in [-0.15, -0.1) is 0 Å². The zero-order valence-corrected chi connectivity index (χ0v) is 6.94. The molecule has 0 aliphatic heterocycles. The van der Waals surface area contributed by atoms with E-state index in [1.54, 1.807) is 0 Å². The van der Waals surface area contributed by atoms with Crippen molar-refractivity contribution in [2.45, 2.75) is 0 Å². The van der Waals surface area contributed by atoms with Gasteiger partial charge in [0.1, 0.15) is 0 Å². The molecular formula is C5H3IN2O2. The second-order valence-corrected chi connectivity index (χ2v) is 2.48. The van der Waals surface area contributed by atoms with Crippen molar-refractivity contribution < 1.29 is 9.90 Å². The van der Waals surface area contributed by atoms with E-state index in [1.165, 1.54) is 12.3 Å². The van der Waals surface area contributed by atoms with E-state index in [4.69, 9.17) is 5.11 Å². The van der Waals surface area contributed by atoms with Crippen LogP contribution < -0.4 is 0 Å². The second-order valence-electron chi connectivity index (χ2n) is 1.52. The number of halogens is 1. The minimum Gasteiger partial charge on any atom is -0.477 e. The summed E-state index contributed by atoms with van der Waals surface area (Å²) in [6.07, 6.45) is 1.41. The van der Waals surface area contributed by atoms with Crippen molar-refractivity contribution in [1.29, 1.82) is 0 Å². The molecule has 4 nitrogen and oxygen atoms in total. The molecule has 1 aromatic rings. The number of aromatic carboxylic acids is 1. The monoisotopic (exact) mass is 250 g/mol. The highest BCUT2D eigenvalue weighted by Crippen LogP contribution is 1.97. The molecule has 0 spiro atoms. The highest BCUT2D eigenvalue weighted by Gasteiger charge is 2.02. The molecule has 0 aromatic carbocycles. The summed E-state index contributed by atoms with van der Waals surface area (Å²) in [4.78, 5) is 17.6. The van der Waals surface area contributed by atoms with Crippen molar-refractivity contribution >= 4 is 28.6 Å². The van der Waals surface area contributed by atoms with Gasteiger partial charge in [-0.3, -0.25) is 0 Å². The third kappa shape index (κ3) is 1.63. The summed E-state index contributed by atoms with van der Waals surface area (Å²) in [5.41, 5.74) is 0.0272. The van der Waals surface area contributed by atoms with Crippen LogP contribution in [0.4, 0.5) is 0 Å². The molecule has 52 valence electrons. The van der Waals surface area contributed by atoms with E-state index >= 15 is 0 Å². The number of carboxylic acids is 1. The number of nitrogens with zero attached hydrogens (tertiary/aromatic N) is 2. The molecule has 0 fully saturated rings. The van der Waals surface area contributed by atoms with Gasteiger partial charge in [0.2, 0.25) is 0 Å². The maximum absolute atomic E-state index is 10.3. The lowest BCUT2D eigenvalue weighted by atomic mass is 10.4. The first-order valence-electron chi connectivity index (χ1n) is 2.42. The van der Waals surface area contributed by atoms with Gasteiger partial charge in [0.25, 0.3) is 0 Å². The van der Waals surface area contributed by atoms with Crippen LogP contribution in [-0.4, -0.2) is 21.0 Å². The van der Waals surface area contributed by atoms with Gasteiger partial charge in [-0.25, -0.2) is 14.8 Å². The number of hydrogen-bond acceptors (Lipinski definition) is 3. The second kappa shape index (κ2) is 2.91. The Morgan fingerprint density at radius 1 is 1.70 bits per heavy atom. The Morgan fingerprint density at radius 3 is 2.80 bits per heavy atom. The van der Waals surface area contributed by atoms with Crippen LogP contribution in [0.1, 0.15) is 10.5 Å². The lowest BCUT2D eigenvalue weighted by Crippen LogP contribution is -2.01. The van der Waals surface area contributed by atoms with Crippen LogP contribution in [0.2, 0.25) is 0 Å². The van der Waals surface area contributed by atoms with Gasteiger partial charge in [0, 0.05) is 28.8 Å². The number of carbonyl (C=O) groups is 1. The van der Waals surface area contributed by atoms with Crippen molar-refractivity contribution in [3.05, 3.63) is 21.8 Å². The molecule has 0 amide bonds. The first-order chi connectivity index (χ1) is 4.70. The largest absolute Gasteiger partial charge is 0.477 e. The molecule has 0 saturated carbocycles. The van der Waals surface area contributed by atoms with Gasteiger partial charge in [-0.05, 0) is 6.07 Å². The normalized spacial score (nSPS) is 9.30. The Hall–Kier alpha value is -0.720. The fourth-order valence-electron chi connectivity index (χ4n) is 0.454. The Kier molecular flexibility index (Phi) is 2.15. The SMILES string of the molecule is O=C(O)c1ccnc(I)n1. The van der Waals surface area contributed by atoms with Gasteiger partial charge < -0.3 is 5.11 Å². The predicted octanol–water partition coefficient (Wildman–Crippen LogP) is 0.779. The van der Waals surface area contributed by atoms with E-state index in [2.05, 4.69) is 9.97 Å². The van der Waals surface area contributed by atoms with Crippen LogP contribution >= 0.6 is 22.6 Å². The number of carboxylic acid groups (broad SMARTS) is 1. The Bertz CT molecular complexity index is 264. The minimum atomic E-state index is -1.03. The molecule has 0 aliphatic rings. The third-order valence-corrected chi connectivity index (χ3v) is 1.37. The Balaban J connectivity index is 3.07. The molecule has 0 saturated heterocycles. The lowest BCUT2D eigenvalue weighted by molar-refractivity contribution is 0.0690. The molecule has 0 bridgehead atoms. The molecule has 0 aliphatic carbocycles. The van der Waals surface area contributed by atoms with Crippen molar-refractivity contribution in [2.24, 2.45) is 0 Å². The molecule has 1 heterocycles. The maximum Gasteiger partial charge on any atom is 0.354 e. The zero-order valence-electron chi connectivity index (χ0n) is 4.78. The van der Waals surface area contributed by atoms with Gasteiger partial charge in [-0.1, -0.05) is 0 Å². The molecule has 10 heavy (non-hydrogen) atoms. The summed E-state index contributed by atoms with van der Waals surface area (Å²) >= 11 is 1.85. The van der Waals surface area contributed by atoms with Gasteiger partial charge in [-0.2, -0.15) is 0 Å². The van der Waals surface area contributed by atoms with E-state index in [0.29, 0.717) is 3.83 Å². The van der Waals surface area contributed by atoms with E-state index in [9.17, 15) is 4.79 Å². The number of aromatic nitrogens is 2. The highest BCUT2D eigenvalue weighted by molar-refractivity contribution is 14.1. The summed E-state index contributed by atoms with van der Waals surface area (Å²) in [6.45, 7) is 0. The first-order valence-corrected chi connectivity index (χ1v) is 3.50. The summed E-state index contributed by atoms with van der Waals surface area (Å²) < 4.78 is 0.442. The molecule has 1 aromatic heterocycles. The Labute approximate surface area is 70.5 Å². The molecule has 1 N–H and O–H groups in total. The summed E-state index contributed by atoms with van der Waals surface area (Å²) in [5.74, 6) is -1.03. The van der Waals surface area contributed by atoms with Gasteiger partial charge >= 0.3 is 5.97 Å². The van der Waals surface area contributed by atoms with Gasteiger partial charge in [0.05, 0.1) is 0 Å². The van der Waals surface area contributed by atoms with E-state index in [0.717, 1.165) is 0 Å². The van der Waals surface area contributed by atoms with Crippen LogP contribution in [0.5, 0.6) is 0 Å². The fraction of sp³-hybridized carbons (Fsp3) is 0. The minimum absolute atomic E-state index is 0.0272. The maximum atomic E-state index is 10.3. The van der Waals surface area contributed by atoms with Crippen molar-refractivity contribution in [1.82, 2.24) is 9.97 Å².